The Labute approximate surface area is 94.6 Å². The molecular weight excluding hydrogens is 263 g/mol. The van der Waals surface area contributed by atoms with Crippen LogP contribution in [0.25, 0.3) is 0 Å². The van der Waals surface area contributed by atoms with Gasteiger partial charge in [-0.1, -0.05) is 0 Å². The third-order valence-corrected chi connectivity index (χ3v) is 2.99. The first-order valence-corrected chi connectivity index (χ1v) is 5.92. The highest BCUT2D eigenvalue weighted by atomic mass is 31.2. The Morgan fingerprint density at radius 3 is 1.53 bits per heavy atom. The van der Waals surface area contributed by atoms with Crippen LogP contribution in [0.1, 0.15) is 0 Å². The van der Waals surface area contributed by atoms with E-state index in [0.717, 1.165) is 0 Å². The Bertz CT molecular complexity index is 311. The van der Waals surface area contributed by atoms with E-state index < -0.39 is 44.1 Å². The van der Waals surface area contributed by atoms with E-state index in [1.165, 1.54) is 0 Å². The second-order valence-electron chi connectivity index (χ2n) is 3.70. The Balaban J connectivity index is 3.08. The first-order chi connectivity index (χ1) is 7.50. The third kappa shape index (κ3) is 2.66. The molecule has 0 aromatic carbocycles. The summed E-state index contributed by atoms with van der Waals surface area (Å²) >= 11 is 0. The molecule has 0 saturated heterocycles. The molecule has 17 heavy (non-hydrogen) atoms. The van der Waals surface area contributed by atoms with Crippen LogP contribution >= 0.6 is 7.82 Å². The van der Waals surface area contributed by atoms with Crippen molar-refractivity contribution in [1.82, 2.24) is 0 Å². The minimum Gasteiger partial charge on any atom is -0.387 e. The average Bonchev–Trinajstić information content (AvgIpc) is 2.19. The van der Waals surface area contributed by atoms with Crippen molar-refractivity contribution >= 4 is 7.82 Å². The minimum absolute atomic E-state index is 2.01. The van der Waals surface area contributed by atoms with Crippen molar-refractivity contribution in [2.45, 2.75) is 36.3 Å². The van der Waals surface area contributed by atoms with E-state index in [-0.39, 0.29) is 0 Å². The summed E-state index contributed by atoms with van der Waals surface area (Å²) in [6.07, 6.45) is -11.2. The number of hydrogen-bond donors (Lipinski definition) is 8. The lowest BCUT2D eigenvalue weighted by molar-refractivity contribution is -0.336. The predicted octanol–water partition coefficient (Wildman–Crippen LogP) is -4.40. The largest absolute Gasteiger partial charge is 0.472 e. The highest BCUT2D eigenvalue weighted by Gasteiger charge is 2.61. The van der Waals surface area contributed by atoms with Crippen LogP contribution in [0, 0.1) is 0 Å². The average molecular weight is 276 g/mol. The molecule has 11 heteroatoms. The Hall–Kier alpha value is -0.130. The molecule has 4 atom stereocenters. The lowest BCUT2D eigenvalue weighted by Crippen LogP contribution is -2.71. The third-order valence-electron chi connectivity index (χ3n) is 2.46. The zero-order chi connectivity index (χ0) is 13.6. The highest BCUT2D eigenvalue weighted by Crippen LogP contribution is 2.45. The van der Waals surface area contributed by atoms with Gasteiger partial charge in [0, 0.05) is 0 Å². The highest BCUT2D eigenvalue weighted by molar-refractivity contribution is 7.46. The molecule has 0 radical (unpaired) electrons. The zero-order valence-corrected chi connectivity index (χ0v) is 9.12. The van der Waals surface area contributed by atoms with E-state index in [4.69, 9.17) is 14.9 Å². The van der Waals surface area contributed by atoms with Gasteiger partial charge in [0.05, 0.1) is 0 Å². The maximum absolute atomic E-state index is 10.6. The molecule has 0 aromatic rings. The van der Waals surface area contributed by atoms with Gasteiger partial charge >= 0.3 is 7.82 Å². The predicted molar refractivity (Wildman–Crippen MR) is 48.1 cm³/mol. The Kier molecular flexibility index (Phi) is 3.97. The molecule has 0 aliphatic heterocycles. The molecule has 0 spiro atoms. The summed E-state index contributed by atoms with van der Waals surface area (Å²) in [7, 11) is -5.32. The summed E-state index contributed by atoms with van der Waals surface area (Å²) in [5, 5.41) is 55.7. The van der Waals surface area contributed by atoms with Crippen molar-refractivity contribution < 1.29 is 49.5 Å². The topological polar surface area (TPSA) is 188 Å². The van der Waals surface area contributed by atoms with E-state index >= 15 is 0 Å². The van der Waals surface area contributed by atoms with Crippen LogP contribution < -0.4 is 0 Å². The smallest absolute Gasteiger partial charge is 0.387 e. The quantitative estimate of drug-likeness (QED) is 0.180. The van der Waals surface area contributed by atoms with E-state index in [1.54, 1.807) is 0 Å². The van der Waals surface area contributed by atoms with Gasteiger partial charge in [-0.2, -0.15) is 0 Å². The SMILES string of the molecule is O=P(O)(O)OC1(O)[C@@H](O)[C@H](O)C(O)[C@@H](O)[C@@H]1O. The Morgan fingerprint density at radius 1 is 0.882 bits per heavy atom. The molecule has 1 saturated carbocycles. The number of rotatable bonds is 2. The maximum atomic E-state index is 10.6. The first-order valence-electron chi connectivity index (χ1n) is 4.39. The number of phosphoric acid groups is 1. The molecular formula is C6H13O10P. The van der Waals surface area contributed by atoms with Crippen LogP contribution in [-0.2, 0) is 9.09 Å². The van der Waals surface area contributed by atoms with Crippen LogP contribution in [0.2, 0.25) is 0 Å². The minimum atomic E-state index is -5.32. The van der Waals surface area contributed by atoms with Crippen LogP contribution in [0.3, 0.4) is 0 Å². The monoisotopic (exact) mass is 276 g/mol. The van der Waals surface area contributed by atoms with Gasteiger partial charge in [0.1, 0.15) is 30.5 Å². The fraction of sp³-hybridized carbons (Fsp3) is 1.00. The fourth-order valence-electron chi connectivity index (χ4n) is 1.54. The molecule has 1 aliphatic rings. The second-order valence-corrected chi connectivity index (χ2v) is 4.86. The van der Waals surface area contributed by atoms with Crippen molar-refractivity contribution in [1.29, 1.82) is 0 Å². The normalized spacial score (nSPS) is 48.1. The van der Waals surface area contributed by atoms with Gasteiger partial charge in [-0.05, 0) is 0 Å². The molecule has 8 N–H and O–H groups in total. The molecule has 1 rings (SSSR count). The molecule has 10 nitrogen and oxygen atoms in total. The lowest BCUT2D eigenvalue weighted by Gasteiger charge is -2.46. The van der Waals surface area contributed by atoms with Gasteiger partial charge < -0.3 is 40.4 Å². The molecule has 1 aliphatic carbocycles. The molecule has 0 bridgehead atoms. The number of phosphoric ester groups is 1. The number of hydrogen-bond acceptors (Lipinski definition) is 8. The van der Waals surface area contributed by atoms with Crippen LogP contribution in [0.15, 0.2) is 0 Å². The molecule has 0 unspecified atom stereocenters. The number of aliphatic hydroxyl groups is 6. The number of aliphatic hydroxyl groups excluding tert-OH is 5. The second kappa shape index (κ2) is 4.52. The van der Waals surface area contributed by atoms with Crippen LogP contribution in [0.5, 0.6) is 0 Å². The maximum Gasteiger partial charge on any atom is 0.472 e. The summed E-state index contributed by atoms with van der Waals surface area (Å²) < 4.78 is 14.3. The van der Waals surface area contributed by atoms with Crippen molar-refractivity contribution in [3.05, 3.63) is 0 Å². The lowest BCUT2D eigenvalue weighted by atomic mass is 9.82. The first kappa shape index (κ1) is 14.9. The van der Waals surface area contributed by atoms with Crippen LogP contribution in [0.4, 0.5) is 0 Å². The molecule has 0 amide bonds. The molecule has 0 aromatic heterocycles. The summed E-state index contributed by atoms with van der Waals surface area (Å²) in [6.45, 7) is 0. The summed E-state index contributed by atoms with van der Waals surface area (Å²) in [5.74, 6) is -3.31. The summed E-state index contributed by atoms with van der Waals surface area (Å²) in [6, 6.07) is 0. The Morgan fingerprint density at radius 2 is 1.24 bits per heavy atom. The van der Waals surface area contributed by atoms with E-state index in [1.807, 2.05) is 0 Å². The standard InChI is InChI=1S/C6H13O10P/c7-1-2(8)4(10)6(12,5(11)3(1)9)16-17(13,14)15/h1-5,7-12H,(H2,13,14,15)/t1?,2-,3-,4+,5+,6?/m1/s1. The molecule has 0 heterocycles. The van der Waals surface area contributed by atoms with E-state index in [9.17, 15) is 30.1 Å². The molecule has 102 valence electrons. The summed E-state index contributed by atoms with van der Waals surface area (Å²) in [4.78, 5) is 17.0. The van der Waals surface area contributed by atoms with Gasteiger partial charge in [-0.25, -0.2) is 9.09 Å². The van der Waals surface area contributed by atoms with Gasteiger partial charge in [-0.3, -0.25) is 0 Å². The fourth-order valence-corrected chi connectivity index (χ4v) is 2.14. The van der Waals surface area contributed by atoms with Crippen molar-refractivity contribution in [2.24, 2.45) is 0 Å². The van der Waals surface area contributed by atoms with Crippen molar-refractivity contribution in [3.63, 3.8) is 0 Å². The van der Waals surface area contributed by atoms with Gasteiger partial charge in [0.15, 0.2) is 0 Å². The van der Waals surface area contributed by atoms with Crippen molar-refractivity contribution in [3.8, 4) is 0 Å². The van der Waals surface area contributed by atoms with Crippen LogP contribution in [-0.4, -0.2) is 76.7 Å². The molecule has 1 fully saturated rings. The van der Waals surface area contributed by atoms with E-state index in [0.29, 0.717) is 0 Å². The van der Waals surface area contributed by atoms with E-state index in [2.05, 4.69) is 4.52 Å². The van der Waals surface area contributed by atoms with Gasteiger partial charge in [0.25, 0.3) is 0 Å². The van der Waals surface area contributed by atoms with Crippen molar-refractivity contribution in [2.75, 3.05) is 0 Å². The van der Waals surface area contributed by atoms with Gasteiger partial charge in [-0.15, -0.1) is 0 Å². The zero-order valence-electron chi connectivity index (χ0n) is 8.23. The van der Waals surface area contributed by atoms with Gasteiger partial charge in [0.2, 0.25) is 5.79 Å². The summed E-state index contributed by atoms with van der Waals surface area (Å²) in [5.41, 5.74) is 0.